The first-order valence-corrected chi connectivity index (χ1v) is 8.15. The molecule has 2 aromatic heterocycles. The van der Waals surface area contributed by atoms with Gasteiger partial charge in [-0.2, -0.15) is 5.10 Å². The minimum absolute atomic E-state index is 0.126. The Hall–Kier alpha value is -1.91. The van der Waals surface area contributed by atoms with Crippen molar-refractivity contribution in [3.05, 3.63) is 23.0 Å². The molecule has 1 saturated heterocycles. The summed E-state index contributed by atoms with van der Waals surface area (Å²) in [5.41, 5.74) is 3.34. The minimum atomic E-state index is 0.126. The zero-order valence-corrected chi connectivity index (χ0v) is 13.9. The van der Waals surface area contributed by atoms with Gasteiger partial charge in [0.1, 0.15) is 0 Å². The lowest BCUT2D eigenvalue weighted by Crippen LogP contribution is -2.39. The van der Waals surface area contributed by atoms with E-state index in [1.807, 2.05) is 36.4 Å². The lowest BCUT2D eigenvalue weighted by atomic mass is 9.99. The van der Waals surface area contributed by atoms with Gasteiger partial charge in [0.2, 0.25) is 0 Å². The summed E-state index contributed by atoms with van der Waals surface area (Å²) in [4.78, 5) is 19.6. The van der Waals surface area contributed by atoms with Gasteiger partial charge < -0.3 is 4.90 Å². The first kappa shape index (κ1) is 15.0. The third-order valence-electron chi connectivity index (χ3n) is 4.48. The van der Waals surface area contributed by atoms with Crippen LogP contribution in [0.3, 0.4) is 0 Å². The molecule has 0 N–H and O–H groups in total. The van der Waals surface area contributed by atoms with Gasteiger partial charge in [-0.15, -0.1) is 0 Å². The smallest absolute Gasteiger partial charge is 0.254 e. The predicted molar refractivity (Wildman–Crippen MR) is 87.0 cm³/mol. The van der Waals surface area contributed by atoms with Crippen LogP contribution in [0.5, 0.6) is 0 Å². The van der Waals surface area contributed by atoms with Crippen LogP contribution in [-0.4, -0.2) is 38.7 Å². The van der Waals surface area contributed by atoms with E-state index < -0.39 is 0 Å². The number of amides is 1. The number of pyridine rings is 1. The molecule has 5 heteroatoms. The largest absolute Gasteiger partial charge is 0.338 e. The maximum absolute atomic E-state index is 13.0. The van der Waals surface area contributed by atoms with E-state index in [4.69, 9.17) is 0 Å². The second-order valence-corrected chi connectivity index (χ2v) is 6.41. The molecular formula is C17H24N4O. The fourth-order valence-electron chi connectivity index (χ4n) is 3.41. The summed E-state index contributed by atoms with van der Waals surface area (Å²) < 4.78 is 1.88. The summed E-state index contributed by atoms with van der Waals surface area (Å²) in [7, 11) is 0. The highest BCUT2D eigenvalue weighted by molar-refractivity contribution is 6.06. The van der Waals surface area contributed by atoms with E-state index in [1.165, 1.54) is 6.42 Å². The molecule has 0 spiro atoms. The highest BCUT2D eigenvalue weighted by Gasteiger charge is 2.25. The number of aryl methyl sites for hydroxylation is 3. The summed E-state index contributed by atoms with van der Waals surface area (Å²) in [6, 6.07) is 1.92. The zero-order valence-electron chi connectivity index (χ0n) is 13.9. The fourth-order valence-corrected chi connectivity index (χ4v) is 3.41. The van der Waals surface area contributed by atoms with Crippen LogP contribution in [0.4, 0.5) is 0 Å². The Bertz CT molecular complexity index is 719. The van der Waals surface area contributed by atoms with Crippen molar-refractivity contribution in [2.24, 2.45) is 5.92 Å². The summed E-state index contributed by atoms with van der Waals surface area (Å²) in [5, 5.41) is 5.45. The number of carbonyl (C=O) groups is 1. The maximum atomic E-state index is 13.0. The zero-order chi connectivity index (χ0) is 15.9. The molecule has 22 heavy (non-hydrogen) atoms. The average molecular weight is 300 g/mol. The highest BCUT2D eigenvalue weighted by atomic mass is 16.2. The third kappa shape index (κ3) is 2.49. The Morgan fingerprint density at radius 1 is 1.41 bits per heavy atom. The van der Waals surface area contributed by atoms with Gasteiger partial charge in [-0.05, 0) is 45.6 Å². The van der Waals surface area contributed by atoms with Crippen molar-refractivity contribution < 1.29 is 4.79 Å². The molecule has 1 aliphatic rings. The van der Waals surface area contributed by atoms with Crippen LogP contribution < -0.4 is 0 Å². The van der Waals surface area contributed by atoms with Crippen molar-refractivity contribution in [3.63, 3.8) is 0 Å². The Morgan fingerprint density at radius 2 is 2.18 bits per heavy atom. The van der Waals surface area contributed by atoms with Crippen LogP contribution in [0.15, 0.2) is 6.07 Å². The maximum Gasteiger partial charge on any atom is 0.254 e. The molecule has 3 rings (SSSR count). The third-order valence-corrected chi connectivity index (χ3v) is 4.48. The topological polar surface area (TPSA) is 51.0 Å². The van der Waals surface area contributed by atoms with E-state index in [1.54, 1.807) is 0 Å². The molecule has 2 aromatic rings. The van der Waals surface area contributed by atoms with E-state index in [0.717, 1.165) is 54.0 Å². The van der Waals surface area contributed by atoms with E-state index in [0.29, 0.717) is 5.92 Å². The molecule has 0 unspecified atom stereocenters. The lowest BCUT2D eigenvalue weighted by Gasteiger charge is -2.31. The van der Waals surface area contributed by atoms with E-state index in [-0.39, 0.29) is 5.91 Å². The number of fused-ring (bicyclic) bond motifs is 1. The van der Waals surface area contributed by atoms with Gasteiger partial charge in [-0.1, -0.05) is 6.92 Å². The van der Waals surface area contributed by atoms with Crippen molar-refractivity contribution in [3.8, 4) is 0 Å². The van der Waals surface area contributed by atoms with Gasteiger partial charge in [-0.3, -0.25) is 4.79 Å². The quantitative estimate of drug-likeness (QED) is 0.857. The molecular weight excluding hydrogens is 276 g/mol. The molecule has 0 aromatic carbocycles. The number of hydrogen-bond acceptors (Lipinski definition) is 3. The van der Waals surface area contributed by atoms with Gasteiger partial charge in [0.25, 0.3) is 5.91 Å². The predicted octanol–water partition coefficient (Wildman–Crippen LogP) is 2.94. The van der Waals surface area contributed by atoms with Crippen molar-refractivity contribution >= 4 is 16.9 Å². The standard InChI is InChI=1S/C17H24N4O/c1-5-21-16-15(13(4)19-21)14(9-12(3)18-16)17(22)20-8-6-7-11(2)10-20/h9,11H,5-8,10H2,1-4H3/t11-/m0/s1. The van der Waals surface area contributed by atoms with Crippen LogP contribution in [-0.2, 0) is 6.54 Å². The average Bonchev–Trinajstić information content (AvgIpc) is 2.82. The molecule has 5 nitrogen and oxygen atoms in total. The number of likely N-dealkylation sites (tertiary alicyclic amines) is 1. The second-order valence-electron chi connectivity index (χ2n) is 6.41. The number of nitrogens with zero attached hydrogens (tertiary/aromatic N) is 4. The van der Waals surface area contributed by atoms with Gasteiger partial charge in [0.05, 0.1) is 16.6 Å². The van der Waals surface area contributed by atoms with Crippen LogP contribution >= 0.6 is 0 Å². The Kier molecular flexibility index (Phi) is 3.89. The minimum Gasteiger partial charge on any atom is -0.338 e. The van der Waals surface area contributed by atoms with Crippen LogP contribution in [0.1, 0.15) is 48.4 Å². The fraction of sp³-hybridized carbons (Fsp3) is 0.588. The van der Waals surface area contributed by atoms with E-state index in [2.05, 4.69) is 17.0 Å². The summed E-state index contributed by atoms with van der Waals surface area (Å²) in [5.74, 6) is 0.705. The molecule has 1 atom stereocenters. The SMILES string of the molecule is CCn1nc(C)c2c(C(=O)N3CCC[C@H](C)C3)cc(C)nc21. The Balaban J connectivity index is 2.09. The monoisotopic (exact) mass is 300 g/mol. The number of hydrogen-bond donors (Lipinski definition) is 0. The van der Waals surface area contributed by atoms with Crippen molar-refractivity contribution in [2.75, 3.05) is 13.1 Å². The van der Waals surface area contributed by atoms with Gasteiger partial charge in [0, 0.05) is 25.3 Å². The Labute approximate surface area is 131 Å². The molecule has 118 valence electrons. The first-order chi connectivity index (χ1) is 10.5. The van der Waals surface area contributed by atoms with Gasteiger partial charge in [0.15, 0.2) is 5.65 Å². The highest BCUT2D eigenvalue weighted by Crippen LogP contribution is 2.25. The van der Waals surface area contributed by atoms with Crippen LogP contribution in [0.2, 0.25) is 0 Å². The molecule has 1 aliphatic heterocycles. The molecule has 1 fully saturated rings. The number of piperidine rings is 1. The molecule has 0 radical (unpaired) electrons. The molecule has 0 saturated carbocycles. The van der Waals surface area contributed by atoms with Crippen LogP contribution in [0, 0.1) is 19.8 Å². The Morgan fingerprint density at radius 3 is 2.86 bits per heavy atom. The normalized spacial score (nSPS) is 18.9. The summed E-state index contributed by atoms with van der Waals surface area (Å²) >= 11 is 0. The van der Waals surface area contributed by atoms with Crippen LogP contribution in [0.25, 0.3) is 11.0 Å². The number of rotatable bonds is 2. The van der Waals surface area contributed by atoms with Crippen molar-refractivity contribution in [1.82, 2.24) is 19.7 Å². The van der Waals surface area contributed by atoms with Crippen molar-refractivity contribution in [1.29, 1.82) is 0 Å². The van der Waals surface area contributed by atoms with E-state index in [9.17, 15) is 4.79 Å². The molecule has 0 bridgehead atoms. The van der Waals surface area contributed by atoms with Gasteiger partial charge in [-0.25, -0.2) is 9.67 Å². The van der Waals surface area contributed by atoms with Crippen molar-refractivity contribution in [2.45, 2.75) is 47.1 Å². The molecule has 0 aliphatic carbocycles. The number of aromatic nitrogens is 3. The molecule has 3 heterocycles. The summed E-state index contributed by atoms with van der Waals surface area (Å²) in [6.45, 7) is 10.6. The number of carbonyl (C=O) groups excluding carboxylic acids is 1. The summed E-state index contributed by atoms with van der Waals surface area (Å²) in [6.07, 6.45) is 2.30. The lowest BCUT2D eigenvalue weighted by molar-refractivity contribution is 0.0685. The first-order valence-electron chi connectivity index (χ1n) is 8.15. The molecule has 1 amide bonds. The van der Waals surface area contributed by atoms with E-state index >= 15 is 0 Å². The second kappa shape index (κ2) is 5.71. The van der Waals surface area contributed by atoms with Gasteiger partial charge >= 0.3 is 0 Å².